The van der Waals surface area contributed by atoms with Gasteiger partial charge in [0.2, 0.25) is 0 Å². The maximum Gasteiger partial charge on any atom is 0.262 e. The molecule has 1 aliphatic rings. The van der Waals surface area contributed by atoms with Crippen LogP contribution in [-0.2, 0) is 0 Å². The van der Waals surface area contributed by atoms with Gasteiger partial charge in [0, 0.05) is 28.2 Å². The van der Waals surface area contributed by atoms with Crippen molar-refractivity contribution in [3.05, 3.63) is 119 Å². The Morgan fingerprint density at radius 1 is 0.853 bits per heavy atom. The molecule has 0 fully saturated rings. The highest BCUT2D eigenvalue weighted by atomic mass is 35.5. The summed E-state index contributed by atoms with van der Waals surface area (Å²) in [7, 11) is 0. The van der Waals surface area contributed by atoms with E-state index in [1.54, 1.807) is 28.4 Å². The number of halogens is 1. The molecule has 6 rings (SSSR count). The number of aromatic nitrogens is 2. The number of carbonyl (C=O) groups excluding carboxylic acids is 1. The second kappa shape index (κ2) is 8.48. The smallest absolute Gasteiger partial charge is 0.262 e. The number of benzene rings is 3. The van der Waals surface area contributed by atoms with E-state index in [2.05, 4.69) is 11.4 Å². The van der Waals surface area contributed by atoms with Gasteiger partial charge in [0.1, 0.15) is 11.9 Å². The van der Waals surface area contributed by atoms with Crippen molar-refractivity contribution in [2.45, 2.75) is 6.17 Å². The van der Waals surface area contributed by atoms with Crippen molar-refractivity contribution in [3.8, 4) is 16.3 Å². The molecule has 5 nitrogen and oxygen atoms in total. The molecule has 2 aromatic heterocycles. The standard InChI is InChI=1S/C27H19ClN4OS/c28-18-12-14-20(15-13-18)32-26(29-23-10-5-4-9-21(23)27(32)33)22-17-31(19-7-2-1-3-8-19)30-25(22)24-11-6-16-34-24/h1-17,26,29H. The van der Waals surface area contributed by atoms with Crippen LogP contribution in [0.1, 0.15) is 22.1 Å². The Bertz CT molecular complexity index is 1460. The average Bonchev–Trinajstić information content (AvgIpc) is 3.56. The number of nitrogens with one attached hydrogen (secondary N) is 1. The summed E-state index contributed by atoms with van der Waals surface area (Å²) in [5.74, 6) is -0.0775. The molecule has 1 unspecified atom stereocenters. The summed E-state index contributed by atoms with van der Waals surface area (Å²) in [6.07, 6.45) is 1.55. The van der Waals surface area contributed by atoms with E-state index in [0.29, 0.717) is 10.6 Å². The van der Waals surface area contributed by atoms with Gasteiger partial charge >= 0.3 is 0 Å². The third-order valence-electron chi connectivity index (χ3n) is 5.84. The molecule has 0 bridgehead atoms. The highest BCUT2D eigenvalue weighted by Gasteiger charge is 2.36. The summed E-state index contributed by atoms with van der Waals surface area (Å²) in [6.45, 7) is 0. The molecule has 1 N–H and O–H groups in total. The van der Waals surface area contributed by atoms with Crippen LogP contribution in [0.4, 0.5) is 11.4 Å². The molecule has 3 heterocycles. The van der Waals surface area contributed by atoms with Crippen molar-refractivity contribution < 1.29 is 4.79 Å². The molecule has 1 amide bonds. The molecule has 0 radical (unpaired) electrons. The van der Waals surface area contributed by atoms with E-state index < -0.39 is 6.17 Å². The minimum Gasteiger partial charge on any atom is -0.360 e. The highest BCUT2D eigenvalue weighted by Crippen LogP contribution is 2.41. The Morgan fingerprint density at radius 2 is 1.62 bits per heavy atom. The number of thiophene rings is 1. The molecule has 1 atom stereocenters. The summed E-state index contributed by atoms with van der Waals surface area (Å²) < 4.78 is 1.87. The number of amides is 1. The summed E-state index contributed by atoms with van der Waals surface area (Å²) in [4.78, 5) is 16.6. The van der Waals surface area contributed by atoms with Crippen molar-refractivity contribution in [1.29, 1.82) is 0 Å². The zero-order valence-corrected chi connectivity index (χ0v) is 19.5. The van der Waals surface area contributed by atoms with Crippen molar-refractivity contribution in [2.24, 2.45) is 0 Å². The van der Waals surface area contributed by atoms with Gasteiger partial charge in [-0.05, 0) is 60.0 Å². The van der Waals surface area contributed by atoms with E-state index in [4.69, 9.17) is 16.7 Å². The largest absolute Gasteiger partial charge is 0.360 e. The van der Waals surface area contributed by atoms with E-state index in [9.17, 15) is 4.79 Å². The first-order valence-corrected chi connectivity index (χ1v) is 12.1. The predicted molar refractivity (Wildman–Crippen MR) is 138 cm³/mol. The molecule has 0 saturated carbocycles. The first-order valence-electron chi connectivity index (χ1n) is 10.8. The van der Waals surface area contributed by atoms with Gasteiger partial charge in [-0.1, -0.05) is 48.0 Å². The van der Waals surface area contributed by atoms with Gasteiger partial charge in [0.05, 0.1) is 16.1 Å². The lowest BCUT2D eigenvalue weighted by atomic mass is 10.0. The summed E-state index contributed by atoms with van der Waals surface area (Å²) >= 11 is 7.78. The lowest BCUT2D eigenvalue weighted by molar-refractivity contribution is 0.0975. The Kier molecular flexibility index (Phi) is 5.17. The summed E-state index contributed by atoms with van der Waals surface area (Å²) in [5, 5.41) is 11.2. The summed E-state index contributed by atoms with van der Waals surface area (Å²) in [6, 6.07) is 29.0. The molecule has 1 aliphatic heterocycles. The molecular weight excluding hydrogens is 464 g/mol. The van der Waals surface area contributed by atoms with Crippen LogP contribution in [-0.4, -0.2) is 15.7 Å². The van der Waals surface area contributed by atoms with Gasteiger partial charge in [-0.15, -0.1) is 11.3 Å². The zero-order valence-electron chi connectivity index (χ0n) is 17.9. The maximum absolute atomic E-state index is 13.8. The average molecular weight is 483 g/mol. The third kappa shape index (κ3) is 3.57. The number of hydrogen-bond donors (Lipinski definition) is 1. The van der Waals surface area contributed by atoms with Gasteiger partial charge in [0.15, 0.2) is 0 Å². The Hall–Kier alpha value is -3.87. The lowest BCUT2D eigenvalue weighted by Gasteiger charge is -2.38. The van der Waals surface area contributed by atoms with E-state index in [1.807, 2.05) is 89.1 Å². The van der Waals surface area contributed by atoms with Crippen LogP contribution < -0.4 is 10.2 Å². The predicted octanol–water partition coefficient (Wildman–Crippen LogP) is 7.03. The quantitative estimate of drug-likeness (QED) is 0.299. The SMILES string of the molecule is O=C1c2ccccc2NC(c2cn(-c3ccccc3)nc2-c2cccs2)N1c1ccc(Cl)cc1. The molecule has 3 aromatic carbocycles. The van der Waals surface area contributed by atoms with Crippen LogP contribution in [0.5, 0.6) is 0 Å². The van der Waals surface area contributed by atoms with Crippen molar-refractivity contribution in [1.82, 2.24) is 9.78 Å². The fourth-order valence-corrected chi connectivity index (χ4v) is 5.10. The van der Waals surface area contributed by atoms with Crippen LogP contribution >= 0.6 is 22.9 Å². The van der Waals surface area contributed by atoms with Crippen molar-refractivity contribution in [3.63, 3.8) is 0 Å². The first kappa shape index (κ1) is 20.7. The molecule has 5 aromatic rings. The van der Waals surface area contributed by atoms with Crippen LogP contribution in [0.15, 0.2) is 103 Å². The Morgan fingerprint density at radius 3 is 2.38 bits per heavy atom. The number of fused-ring (bicyclic) bond motifs is 1. The fraction of sp³-hybridized carbons (Fsp3) is 0.0370. The third-order valence-corrected chi connectivity index (χ3v) is 6.97. The number of carbonyl (C=O) groups is 1. The number of para-hydroxylation sites is 2. The number of rotatable bonds is 4. The molecule has 7 heteroatoms. The molecule has 0 saturated heterocycles. The van der Waals surface area contributed by atoms with Crippen molar-refractivity contribution in [2.75, 3.05) is 10.2 Å². The Balaban J connectivity index is 1.56. The van der Waals surface area contributed by atoms with E-state index in [-0.39, 0.29) is 5.91 Å². The minimum atomic E-state index is -0.460. The highest BCUT2D eigenvalue weighted by molar-refractivity contribution is 7.13. The van der Waals surface area contributed by atoms with Crippen LogP contribution in [0.2, 0.25) is 5.02 Å². The van der Waals surface area contributed by atoms with E-state index in [0.717, 1.165) is 33.2 Å². The van der Waals surface area contributed by atoms with E-state index >= 15 is 0 Å². The van der Waals surface area contributed by atoms with Gasteiger partial charge in [0.25, 0.3) is 5.91 Å². The van der Waals surface area contributed by atoms with Crippen LogP contribution in [0, 0.1) is 0 Å². The monoisotopic (exact) mass is 482 g/mol. The number of nitrogens with zero attached hydrogens (tertiary/aromatic N) is 3. The van der Waals surface area contributed by atoms with Gasteiger partial charge < -0.3 is 5.32 Å². The van der Waals surface area contributed by atoms with Gasteiger partial charge in [-0.25, -0.2) is 4.68 Å². The lowest BCUT2D eigenvalue weighted by Crippen LogP contribution is -2.43. The normalized spacial score (nSPS) is 15.1. The molecule has 166 valence electrons. The van der Waals surface area contributed by atoms with Crippen LogP contribution in [0.3, 0.4) is 0 Å². The second-order valence-corrected chi connectivity index (χ2v) is 9.32. The molecular formula is C27H19ClN4OS. The fourth-order valence-electron chi connectivity index (χ4n) is 4.24. The number of hydrogen-bond acceptors (Lipinski definition) is 4. The maximum atomic E-state index is 13.8. The van der Waals surface area contributed by atoms with Crippen LogP contribution in [0.25, 0.3) is 16.3 Å². The molecule has 34 heavy (non-hydrogen) atoms. The van der Waals surface area contributed by atoms with Gasteiger partial charge in [-0.2, -0.15) is 5.10 Å². The summed E-state index contributed by atoms with van der Waals surface area (Å²) in [5.41, 5.74) is 4.87. The second-order valence-electron chi connectivity index (χ2n) is 7.93. The zero-order chi connectivity index (χ0) is 23.1. The van der Waals surface area contributed by atoms with E-state index in [1.165, 1.54) is 0 Å². The van der Waals surface area contributed by atoms with Gasteiger partial charge in [-0.3, -0.25) is 9.69 Å². The topological polar surface area (TPSA) is 50.2 Å². The number of anilines is 2. The molecule has 0 aliphatic carbocycles. The van der Waals surface area contributed by atoms with Crippen molar-refractivity contribution >= 4 is 40.2 Å². The Labute approximate surface area is 205 Å². The first-order chi connectivity index (χ1) is 16.7. The molecule has 0 spiro atoms. The minimum absolute atomic E-state index is 0.0775.